The second-order valence-electron chi connectivity index (χ2n) is 3.77. The van der Waals surface area contributed by atoms with Crippen molar-refractivity contribution in [1.29, 1.82) is 0 Å². The van der Waals surface area contributed by atoms with Gasteiger partial charge < -0.3 is 9.84 Å². The molecule has 0 aromatic rings. The van der Waals surface area contributed by atoms with Gasteiger partial charge in [0.1, 0.15) is 0 Å². The first kappa shape index (κ1) is 12.7. The van der Waals surface area contributed by atoms with Crippen LogP contribution < -0.4 is 0 Å². The van der Waals surface area contributed by atoms with Gasteiger partial charge in [-0.05, 0) is 18.3 Å². The Balaban J connectivity index is 3.94. The van der Waals surface area contributed by atoms with Crippen molar-refractivity contribution in [2.24, 2.45) is 11.8 Å². The van der Waals surface area contributed by atoms with Gasteiger partial charge >= 0.3 is 0 Å². The summed E-state index contributed by atoms with van der Waals surface area (Å²) in [4.78, 5) is 0. The van der Waals surface area contributed by atoms with Gasteiger partial charge in [0.05, 0.1) is 12.7 Å². The van der Waals surface area contributed by atoms with Crippen molar-refractivity contribution in [2.45, 2.75) is 33.3 Å². The highest BCUT2D eigenvalue weighted by Crippen LogP contribution is 2.19. The molecule has 0 fully saturated rings. The summed E-state index contributed by atoms with van der Waals surface area (Å²) in [5.41, 5.74) is 0. The lowest BCUT2D eigenvalue weighted by atomic mass is 9.90. The summed E-state index contributed by atoms with van der Waals surface area (Å²) in [5.74, 6) is 1.18. The highest BCUT2D eigenvalue weighted by atomic mass is 16.5. The van der Waals surface area contributed by atoms with E-state index in [1.807, 2.05) is 6.08 Å². The van der Waals surface area contributed by atoms with Crippen LogP contribution in [0.25, 0.3) is 0 Å². The number of hydrogen-bond acceptors (Lipinski definition) is 2. The maximum Gasteiger partial charge on any atom is 0.0633 e. The Labute approximate surface area is 81.6 Å². The molecule has 0 heterocycles. The van der Waals surface area contributed by atoms with E-state index in [4.69, 9.17) is 9.84 Å². The fourth-order valence-electron chi connectivity index (χ4n) is 1.26. The second-order valence-corrected chi connectivity index (χ2v) is 3.77. The van der Waals surface area contributed by atoms with Crippen molar-refractivity contribution < 1.29 is 9.84 Å². The number of hydrogen-bond donors (Lipinski definition) is 1. The lowest BCUT2D eigenvalue weighted by molar-refractivity contribution is 0.0433. The van der Waals surface area contributed by atoms with E-state index in [-0.39, 0.29) is 12.7 Å². The van der Waals surface area contributed by atoms with Gasteiger partial charge in [-0.2, -0.15) is 0 Å². The van der Waals surface area contributed by atoms with Gasteiger partial charge in [0.25, 0.3) is 0 Å². The van der Waals surface area contributed by atoms with Crippen molar-refractivity contribution in [3.63, 3.8) is 0 Å². The molecule has 0 aromatic heterocycles. The van der Waals surface area contributed by atoms with E-state index in [9.17, 15) is 0 Å². The monoisotopic (exact) mass is 186 g/mol. The van der Waals surface area contributed by atoms with Gasteiger partial charge in [0, 0.05) is 7.11 Å². The molecule has 0 aromatic carbocycles. The van der Waals surface area contributed by atoms with Crippen LogP contribution in [0.3, 0.4) is 0 Å². The normalized spacial score (nSPS) is 16.8. The molecule has 0 radical (unpaired) electrons. The third-order valence-electron chi connectivity index (χ3n) is 2.58. The fourth-order valence-corrected chi connectivity index (χ4v) is 1.26. The molecule has 2 atom stereocenters. The van der Waals surface area contributed by atoms with E-state index in [1.54, 1.807) is 13.2 Å². The first-order valence-corrected chi connectivity index (χ1v) is 4.92. The molecule has 0 saturated carbocycles. The predicted molar refractivity (Wildman–Crippen MR) is 55.6 cm³/mol. The van der Waals surface area contributed by atoms with Crippen LogP contribution in [0.1, 0.15) is 27.2 Å². The number of aliphatic hydroxyl groups is 1. The third-order valence-corrected chi connectivity index (χ3v) is 2.58. The summed E-state index contributed by atoms with van der Waals surface area (Å²) in [6.07, 6.45) is 4.89. The smallest absolute Gasteiger partial charge is 0.0633 e. The molecule has 2 nitrogen and oxygen atoms in total. The zero-order valence-electron chi connectivity index (χ0n) is 9.16. The third kappa shape index (κ3) is 5.06. The van der Waals surface area contributed by atoms with Gasteiger partial charge in [0.15, 0.2) is 0 Å². The summed E-state index contributed by atoms with van der Waals surface area (Å²) in [6, 6.07) is 0. The van der Waals surface area contributed by atoms with Crippen LogP contribution in [0.4, 0.5) is 0 Å². The largest absolute Gasteiger partial charge is 0.392 e. The summed E-state index contributed by atoms with van der Waals surface area (Å²) in [5, 5.41) is 8.57. The van der Waals surface area contributed by atoms with Gasteiger partial charge in [-0.3, -0.25) is 0 Å². The zero-order chi connectivity index (χ0) is 10.3. The molecular weight excluding hydrogens is 164 g/mol. The molecule has 78 valence electrons. The maximum absolute atomic E-state index is 8.57. The minimum absolute atomic E-state index is 0.118. The summed E-state index contributed by atoms with van der Waals surface area (Å²) >= 11 is 0. The molecule has 0 rings (SSSR count). The molecule has 1 N–H and O–H groups in total. The first-order chi connectivity index (χ1) is 6.13. The average Bonchev–Trinajstić information content (AvgIpc) is 2.11. The lowest BCUT2D eigenvalue weighted by Gasteiger charge is -2.24. The van der Waals surface area contributed by atoms with Crippen LogP contribution in [-0.2, 0) is 4.74 Å². The average molecular weight is 186 g/mol. The van der Waals surface area contributed by atoms with Crippen LogP contribution >= 0.6 is 0 Å². The number of methoxy groups -OCH3 is 1. The Kier molecular flexibility index (Phi) is 6.92. The Bertz CT molecular complexity index is 141. The van der Waals surface area contributed by atoms with Crippen LogP contribution in [0, 0.1) is 11.8 Å². The van der Waals surface area contributed by atoms with Gasteiger partial charge in [0.2, 0.25) is 0 Å². The molecule has 0 saturated heterocycles. The van der Waals surface area contributed by atoms with Crippen molar-refractivity contribution in [3.05, 3.63) is 12.2 Å². The van der Waals surface area contributed by atoms with E-state index in [2.05, 4.69) is 20.8 Å². The van der Waals surface area contributed by atoms with Crippen molar-refractivity contribution >= 4 is 0 Å². The van der Waals surface area contributed by atoms with Crippen LogP contribution in [0.15, 0.2) is 12.2 Å². The molecule has 2 heteroatoms. The Morgan fingerprint density at radius 2 is 1.85 bits per heavy atom. The molecule has 0 aliphatic rings. The van der Waals surface area contributed by atoms with Crippen molar-refractivity contribution in [3.8, 4) is 0 Å². The zero-order valence-corrected chi connectivity index (χ0v) is 9.16. The van der Waals surface area contributed by atoms with E-state index in [1.165, 1.54) is 0 Å². The quantitative estimate of drug-likeness (QED) is 0.645. The summed E-state index contributed by atoms with van der Waals surface area (Å²) in [7, 11) is 1.75. The first-order valence-electron chi connectivity index (χ1n) is 4.92. The van der Waals surface area contributed by atoms with Crippen molar-refractivity contribution in [2.75, 3.05) is 13.7 Å². The summed E-state index contributed by atoms with van der Waals surface area (Å²) in [6.45, 7) is 6.72. The van der Waals surface area contributed by atoms with Crippen LogP contribution in [-0.4, -0.2) is 24.9 Å². The lowest BCUT2D eigenvalue weighted by Crippen LogP contribution is -2.23. The molecule has 0 bridgehead atoms. The molecule has 0 spiro atoms. The SMILES string of the molecule is COC(CC=CCO)C(C)C(C)C. The number of ether oxygens (including phenoxy) is 1. The van der Waals surface area contributed by atoms with Gasteiger partial charge in [-0.25, -0.2) is 0 Å². The molecule has 2 unspecified atom stereocenters. The molecular formula is C11H22O2. The molecule has 0 aliphatic heterocycles. The van der Waals surface area contributed by atoms with Crippen LogP contribution in [0.5, 0.6) is 0 Å². The minimum atomic E-state index is 0.118. The second kappa shape index (κ2) is 7.10. The minimum Gasteiger partial charge on any atom is -0.392 e. The fraction of sp³-hybridized carbons (Fsp3) is 0.818. The Hall–Kier alpha value is -0.340. The topological polar surface area (TPSA) is 29.5 Å². The summed E-state index contributed by atoms with van der Waals surface area (Å²) < 4.78 is 5.39. The Morgan fingerprint density at radius 3 is 2.23 bits per heavy atom. The Morgan fingerprint density at radius 1 is 1.23 bits per heavy atom. The van der Waals surface area contributed by atoms with E-state index < -0.39 is 0 Å². The predicted octanol–water partition coefficient (Wildman–Crippen LogP) is 2.23. The highest BCUT2D eigenvalue weighted by Gasteiger charge is 2.17. The maximum atomic E-state index is 8.57. The van der Waals surface area contributed by atoms with E-state index >= 15 is 0 Å². The van der Waals surface area contributed by atoms with E-state index in [0.717, 1.165) is 6.42 Å². The van der Waals surface area contributed by atoms with E-state index in [0.29, 0.717) is 11.8 Å². The standard InChI is InChI=1S/C11H22O2/c1-9(2)10(3)11(13-4)7-5-6-8-12/h5-6,9-12H,7-8H2,1-4H3. The molecule has 0 aliphatic carbocycles. The van der Waals surface area contributed by atoms with Gasteiger partial charge in [-0.1, -0.05) is 32.9 Å². The molecule has 0 amide bonds. The highest BCUT2D eigenvalue weighted by molar-refractivity contribution is 4.85. The number of rotatable bonds is 6. The molecule has 13 heavy (non-hydrogen) atoms. The van der Waals surface area contributed by atoms with Crippen LogP contribution in [0.2, 0.25) is 0 Å². The van der Waals surface area contributed by atoms with Gasteiger partial charge in [-0.15, -0.1) is 0 Å². The van der Waals surface area contributed by atoms with Crippen molar-refractivity contribution in [1.82, 2.24) is 0 Å². The number of aliphatic hydroxyl groups excluding tert-OH is 1.